The van der Waals surface area contributed by atoms with Crippen LogP contribution in [0.2, 0.25) is 0 Å². The molecular weight excluding hydrogens is 300 g/mol. The van der Waals surface area contributed by atoms with Gasteiger partial charge in [-0.1, -0.05) is 13.8 Å². The molecule has 7 nitrogen and oxygen atoms in total. The molecule has 3 heterocycles. The van der Waals surface area contributed by atoms with Gasteiger partial charge in [0.1, 0.15) is 6.61 Å². The Balaban J connectivity index is 2.26. The minimum atomic E-state index is -1.60. The summed E-state index contributed by atoms with van der Waals surface area (Å²) in [7, 11) is 0. The van der Waals surface area contributed by atoms with E-state index in [0.717, 1.165) is 0 Å². The highest BCUT2D eigenvalue weighted by molar-refractivity contribution is 5.99. The van der Waals surface area contributed by atoms with Crippen molar-refractivity contribution in [2.45, 2.75) is 51.9 Å². The van der Waals surface area contributed by atoms with Gasteiger partial charge in [-0.25, -0.2) is 4.79 Å². The van der Waals surface area contributed by atoms with E-state index in [1.54, 1.807) is 19.9 Å². The van der Waals surface area contributed by atoms with Crippen molar-refractivity contribution in [1.82, 2.24) is 4.57 Å². The average Bonchev–Trinajstić information content (AvgIpc) is 2.92. The summed E-state index contributed by atoms with van der Waals surface area (Å²) < 4.78 is 12.1. The molecule has 0 fully saturated rings. The smallest absolute Gasteiger partial charge is 0.355 e. The fraction of sp³-hybridized carbons (Fsp3) is 0.500. The van der Waals surface area contributed by atoms with Crippen LogP contribution in [0.25, 0.3) is 0 Å². The lowest BCUT2D eigenvalue weighted by atomic mass is 9.85. The summed E-state index contributed by atoms with van der Waals surface area (Å²) in [5.41, 5.74) is -0.366. The number of pyridine rings is 1. The summed E-state index contributed by atoms with van der Waals surface area (Å²) in [6, 6.07) is 1.64. The van der Waals surface area contributed by atoms with Gasteiger partial charge in [0.2, 0.25) is 5.60 Å². The molecule has 0 radical (unpaired) electrons. The van der Waals surface area contributed by atoms with E-state index in [9.17, 15) is 14.4 Å². The normalized spacial score (nSPS) is 22.3. The van der Waals surface area contributed by atoms with Crippen LogP contribution in [0.4, 0.5) is 0 Å². The number of rotatable bonds is 3. The molecule has 1 N–H and O–H groups in total. The van der Waals surface area contributed by atoms with E-state index in [1.807, 2.05) is 0 Å². The third-order valence-electron chi connectivity index (χ3n) is 4.48. The van der Waals surface area contributed by atoms with Crippen LogP contribution in [0.15, 0.2) is 10.9 Å². The van der Waals surface area contributed by atoms with Crippen molar-refractivity contribution in [2.75, 3.05) is 0 Å². The number of cyclic esters (lactones) is 1. The number of aromatic nitrogens is 1. The highest BCUT2D eigenvalue weighted by atomic mass is 16.6. The molecule has 0 saturated carbocycles. The predicted octanol–water partition coefficient (Wildman–Crippen LogP) is 1.24. The Hall–Kier alpha value is -2.44. The molecule has 3 rings (SSSR count). The summed E-state index contributed by atoms with van der Waals surface area (Å²) in [5, 5.41) is 7.98. The third kappa shape index (κ3) is 2.10. The van der Waals surface area contributed by atoms with Gasteiger partial charge in [0.15, 0.2) is 0 Å². The fourth-order valence-corrected chi connectivity index (χ4v) is 3.15. The fourth-order valence-electron chi connectivity index (χ4n) is 3.15. The topological polar surface area (TPSA) is 98.5 Å². The number of hydrogen-bond donors (Lipinski definition) is 1. The van der Waals surface area contributed by atoms with Gasteiger partial charge in [-0.2, -0.15) is 0 Å². The van der Waals surface area contributed by atoms with Crippen LogP contribution in [0.5, 0.6) is 0 Å². The molecule has 7 heteroatoms. The molecule has 23 heavy (non-hydrogen) atoms. The standard InChI is InChI=1S/C16H18N2O5/c1-3-13(19)23-16(4-2)10-7-12-11(17)5-6-18(12)14(20)9(10)8-22-15(16)21/h7,17H,3-6,8H2,1-2H3/t16-/m0/s1. The first-order chi connectivity index (χ1) is 10.9. The highest BCUT2D eigenvalue weighted by Gasteiger charge is 2.50. The van der Waals surface area contributed by atoms with Gasteiger partial charge in [0.05, 0.1) is 17.0 Å². The maximum absolute atomic E-state index is 12.7. The lowest BCUT2D eigenvalue weighted by molar-refractivity contribution is -0.189. The zero-order valence-corrected chi connectivity index (χ0v) is 13.1. The molecule has 2 aliphatic rings. The first kappa shape index (κ1) is 15.5. The molecule has 122 valence electrons. The third-order valence-corrected chi connectivity index (χ3v) is 4.48. The minimum Gasteiger partial charge on any atom is -0.457 e. The van der Waals surface area contributed by atoms with Gasteiger partial charge in [0.25, 0.3) is 5.56 Å². The number of nitrogens with one attached hydrogen (secondary N) is 1. The number of hydrogen-bond acceptors (Lipinski definition) is 6. The van der Waals surface area contributed by atoms with Crippen LogP contribution in [-0.2, 0) is 37.8 Å². The zero-order chi connectivity index (χ0) is 16.8. The molecule has 0 aliphatic carbocycles. The van der Waals surface area contributed by atoms with Gasteiger partial charge >= 0.3 is 11.9 Å². The molecule has 1 atom stereocenters. The van der Waals surface area contributed by atoms with Crippen LogP contribution in [0.3, 0.4) is 0 Å². The molecule has 2 aliphatic heterocycles. The van der Waals surface area contributed by atoms with Crippen molar-refractivity contribution in [3.63, 3.8) is 0 Å². The van der Waals surface area contributed by atoms with Crippen molar-refractivity contribution in [1.29, 1.82) is 5.41 Å². The number of carbonyl (C=O) groups is 2. The van der Waals surface area contributed by atoms with Crippen LogP contribution in [-0.4, -0.2) is 22.2 Å². The van der Waals surface area contributed by atoms with Gasteiger partial charge in [-0.05, 0) is 12.5 Å². The molecule has 0 bridgehead atoms. The minimum absolute atomic E-state index is 0.115. The Labute approximate surface area is 132 Å². The molecule has 0 unspecified atom stereocenters. The first-order valence-corrected chi connectivity index (χ1v) is 7.68. The van der Waals surface area contributed by atoms with E-state index in [2.05, 4.69) is 0 Å². The van der Waals surface area contributed by atoms with Crippen molar-refractivity contribution in [3.05, 3.63) is 33.2 Å². The van der Waals surface area contributed by atoms with Gasteiger partial charge < -0.3 is 19.5 Å². The molecule has 0 saturated heterocycles. The maximum atomic E-state index is 12.7. The summed E-state index contributed by atoms with van der Waals surface area (Å²) in [4.78, 5) is 36.9. The molecule has 1 aromatic heterocycles. The Kier molecular flexibility index (Phi) is 3.58. The quantitative estimate of drug-likeness (QED) is 0.845. The molecular formula is C16H18N2O5. The van der Waals surface area contributed by atoms with Crippen molar-refractivity contribution in [2.24, 2.45) is 0 Å². The summed E-state index contributed by atoms with van der Waals surface area (Å²) in [6.45, 7) is 3.65. The Morgan fingerprint density at radius 3 is 2.83 bits per heavy atom. The maximum Gasteiger partial charge on any atom is 0.355 e. The van der Waals surface area contributed by atoms with Crippen LogP contribution in [0.1, 0.15) is 49.9 Å². The molecule has 0 aromatic carbocycles. The lowest BCUT2D eigenvalue weighted by Gasteiger charge is -2.35. The Morgan fingerprint density at radius 2 is 2.17 bits per heavy atom. The van der Waals surface area contributed by atoms with E-state index >= 15 is 0 Å². The number of nitrogens with zero attached hydrogens (tertiary/aromatic N) is 1. The van der Waals surface area contributed by atoms with E-state index in [-0.39, 0.29) is 25.0 Å². The average molecular weight is 318 g/mol. The number of ether oxygens (including phenoxy) is 2. The molecule has 0 amide bonds. The summed E-state index contributed by atoms with van der Waals surface area (Å²) in [6.07, 6.45) is 0.756. The van der Waals surface area contributed by atoms with E-state index in [1.165, 1.54) is 4.57 Å². The summed E-state index contributed by atoms with van der Waals surface area (Å²) >= 11 is 0. The second-order valence-corrected chi connectivity index (χ2v) is 5.69. The Bertz CT molecular complexity index is 779. The van der Waals surface area contributed by atoms with E-state index < -0.39 is 17.5 Å². The Morgan fingerprint density at radius 1 is 1.43 bits per heavy atom. The first-order valence-electron chi connectivity index (χ1n) is 7.68. The van der Waals surface area contributed by atoms with Crippen LogP contribution < -0.4 is 5.56 Å². The van der Waals surface area contributed by atoms with Crippen LogP contribution >= 0.6 is 0 Å². The van der Waals surface area contributed by atoms with Crippen LogP contribution in [0, 0.1) is 5.41 Å². The molecule has 1 aromatic rings. The van der Waals surface area contributed by atoms with E-state index in [0.29, 0.717) is 35.5 Å². The SMILES string of the molecule is CCC(=O)O[C@]1(CC)C(=O)OCc2c1cc1n(c2=O)CCC1=N. The second-order valence-electron chi connectivity index (χ2n) is 5.69. The monoisotopic (exact) mass is 318 g/mol. The number of carbonyl (C=O) groups excluding carboxylic acids is 2. The van der Waals surface area contributed by atoms with Gasteiger partial charge in [-0.3, -0.25) is 9.59 Å². The van der Waals surface area contributed by atoms with Crippen molar-refractivity contribution < 1.29 is 19.1 Å². The zero-order valence-electron chi connectivity index (χ0n) is 13.1. The number of fused-ring (bicyclic) bond motifs is 2. The van der Waals surface area contributed by atoms with Crippen molar-refractivity contribution >= 4 is 17.7 Å². The van der Waals surface area contributed by atoms with Gasteiger partial charge in [-0.15, -0.1) is 0 Å². The lowest BCUT2D eigenvalue weighted by Crippen LogP contribution is -2.47. The highest BCUT2D eigenvalue weighted by Crippen LogP contribution is 2.38. The predicted molar refractivity (Wildman–Crippen MR) is 80.3 cm³/mol. The van der Waals surface area contributed by atoms with Crippen molar-refractivity contribution in [3.8, 4) is 0 Å². The largest absolute Gasteiger partial charge is 0.457 e. The summed E-state index contributed by atoms with van der Waals surface area (Å²) in [5.74, 6) is -1.20. The second kappa shape index (κ2) is 5.33. The van der Waals surface area contributed by atoms with Gasteiger partial charge in [0, 0.05) is 24.9 Å². The van der Waals surface area contributed by atoms with E-state index in [4.69, 9.17) is 14.9 Å². The number of esters is 2. The molecule has 0 spiro atoms.